The third-order valence-electron chi connectivity index (χ3n) is 2.42. The molecule has 0 saturated carbocycles. The van der Waals surface area contributed by atoms with Crippen LogP contribution in [0.25, 0.3) is 0 Å². The van der Waals surface area contributed by atoms with Gasteiger partial charge in [-0.15, -0.1) is 0 Å². The summed E-state index contributed by atoms with van der Waals surface area (Å²) in [5, 5.41) is 22.6. The molecule has 0 radical (unpaired) electrons. The molecule has 6 nitrogen and oxygen atoms in total. The zero-order valence-electron chi connectivity index (χ0n) is 10.3. The fourth-order valence-corrected chi connectivity index (χ4v) is 1.53. The molecule has 1 aromatic carbocycles. The van der Waals surface area contributed by atoms with Crippen molar-refractivity contribution >= 4 is 11.4 Å². The van der Waals surface area contributed by atoms with Crippen LogP contribution in [-0.2, 0) is 4.74 Å². The lowest BCUT2D eigenvalue weighted by atomic mass is 10.1. The second-order valence-electron chi connectivity index (χ2n) is 4.04. The molecule has 0 fully saturated rings. The van der Waals surface area contributed by atoms with Crippen LogP contribution in [0.2, 0.25) is 0 Å². The van der Waals surface area contributed by atoms with Crippen molar-refractivity contribution in [3.05, 3.63) is 33.9 Å². The second kappa shape index (κ2) is 6.57. The van der Waals surface area contributed by atoms with Crippen molar-refractivity contribution in [3.63, 3.8) is 0 Å². The summed E-state index contributed by atoms with van der Waals surface area (Å²) in [5.74, 6) is 0.315. The molecule has 6 heteroatoms. The molecule has 0 aliphatic heterocycles. The SMILES string of the molecule is COCC(C)CNc1ccc([N+](=O)[O-])c(C#N)c1. The van der Waals surface area contributed by atoms with E-state index in [9.17, 15) is 10.1 Å². The third kappa shape index (κ3) is 3.71. The van der Waals surface area contributed by atoms with Gasteiger partial charge in [-0.3, -0.25) is 10.1 Å². The maximum Gasteiger partial charge on any atom is 0.287 e. The molecule has 0 amide bonds. The van der Waals surface area contributed by atoms with E-state index in [2.05, 4.69) is 5.32 Å². The Morgan fingerprint density at radius 2 is 2.33 bits per heavy atom. The van der Waals surface area contributed by atoms with Gasteiger partial charge in [-0.05, 0) is 18.1 Å². The van der Waals surface area contributed by atoms with Crippen LogP contribution in [-0.4, -0.2) is 25.2 Å². The van der Waals surface area contributed by atoms with Crippen LogP contribution in [0.3, 0.4) is 0 Å². The number of nitrogens with one attached hydrogen (secondary N) is 1. The van der Waals surface area contributed by atoms with Gasteiger partial charge in [0.05, 0.1) is 11.5 Å². The highest BCUT2D eigenvalue weighted by atomic mass is 16.6. The lowest BCUT2D eigenvalue weighted by Gasteiger charge is -2.12. The molecule has 0 aromatic heterocycles. The highest BCUT2D eigenvalue weighted by Gasteiger charge is 2.13. The molecule has 0 spiro atoms. The van der Waals surface area contributed by atoms with Crippen LogP contribution in [0, 0.1) is 27.4 Å². The largest absolute Gasteiger partial charge is 0.385 e. The number of ether oxygens (including phenoxy) is 1. The molecule has 1 atom stereocenters. The van der Waals surface area contributed by atoms with E-state index in [0.29, 0.717) is 24.8 Å². The van der Waals surface area contributed by atoms with E-state index in [1.54, 1.807) is 13.2 Å². The molecule has 18 heavy (non-hydrogen) atoms. The van der Waals surface area contributed by atoms with Gasteiger partial charge < -0.3 is 10.1 Å². The Hall–Kier alpha value is -2.13. The van der Waals surface area contributed by atoms with Crippen LogP contribution in [0.4, 0.5) is 11.4 Å². The Labute approximate surface area is 105 Å². The normalized spacial score (nSPS) is 11.6. The molecular weight excluding hydrogens is 234 g/mol. The Bertz CT molecular complexity index is 468. The van der Waals surface area contributed by atoms with Gasteiger partial charge in [0.25, 0.3) is 5.69 Å². The van der Waals surface area contributed by atoms with Crippen molar-refractivity contribution in [1.82, 2.24) is 0 Å². The van der Waals surface area contributed by atoms with Gasteiger partial charge in [-0.2, -0.15) is 5.26 Å². The fraction of sp³-hybridized carbons (Fsp3) is 0.417. The van der Waals surface area contributed by atoms with Crippen LogP contribution in [0.5, 0.6) is 0 Å². The highest BCUT2D eigenvalue weighted by molar-refractivity contribution is 5.58. The van der Waals surface area contributed by atoms with Gasteiger partial charge >= 0.3 is 0 Å². The van der Waals surface area contributed by atoms with Crippen LogP contribution in [0.1, 0.15) is 12.5 Å². The standard InChI is InChI=1S/C12H15N3O3/c1-9(8-18-2)7-14-11-3-4-12(15(16)17)10(5-11)6-13/h3-5,9,14H,7-8H2,1-2H3. The van der Waals surface area contributed by atoms with Gasteiger partial charge in [0, 0.05) is 25.4 Å². The van der Waals surface area contributed by atoms with E-state index in [4.69, 9.17) is 10.00 Å². The maximum atomic E-state index is 10.7. The maximum absolute atomic E-state index is 10.7. The molecule has 0 bridgehead atoms. The Balaban J connectivity index is 2.75. The number of nitro benzene ring substituents is 1. The minimum Gasteiger partial charge on any atom is -0.385 e. The van der Waals surface area contributed by atoms with E-state index in [-0.39, 0.29) is 11.3 Å². The summed E-state index contributed by atoms with van der Waals surface area (Å²) in [6.45, 7) is 3.33. The number of hydrogen-bond donors (Lipinski definition) is 1. The number of nitrogens with zero attached hydrogens (tertiary/aromatic N) is 2. The Morgan fingerprint density at radius 3 is 2.89 bits per heavy atom. The lowest BCUT2D eigenvalue weighted by Crippen LogP contribution is -2.15. The van der Waals surface area contributed by atoms with Crippen molar-refractivity contribution in [1.29, 1.82) is 5.26 Å². The molecule has 0 saturated heterocycles. The van der Waals surface area contributed by atoms with Crippen LogP contribution >= 0.6 is 0 Å². The summed E-state index contributed by atoms with van der Waals surface area (Å²) in [6, 6.07) is 6.24. The molecule has 1 unspecified atom stereocenters. The van der Waals surface area contributed by atoms with Gasteiger partial charge in [0.2, 0.25) is 0 Å². The summed E-state index contributed by atoms with van der Waals surface area (Å²) in [4.78, 5) is 10.1. The summed E-state index contributed by atoms with van der Waals surface area (Å²) >= 11 is 0. The number of anilines is 1. The van der Waals surface area contributed by atoms with Crippen molar-refractivity contribution in [2.45, 2.75) is 6.92 Å². The molecule has 1 rings (SSSR count). The van der Waals surface area contributed by atoms with E-state index in [1.165, 1.54) is 12.1 Å². The third-order valence-corrected chi connectivity index (χ3v) is 2.42. The van der Waals surface area contributed by atoms with E-state index >= 15 is 0 Å². The summed E-state index contributed by atoms with van der Waals surface area (Å²) < 4.78 is 5.01. The van der Waals surface area contributed by atoms with Gasteiger partial charge in [0.15, 0.2) is 0 Å². The first-order chi connectivity index (χ1) is 8.58. The van der Waals surface area contributed by atoms with Crippen LogP contribution < -0.4 is 5.32 Å². The average Bonchev–Trinajstić information content (AvgIpc) is 2.36. The number of benzene rings is 1. The summed E-state index contributed by atoms with van der Waals surface area (Å²) in [6.07, 6.45) is 0. The molecule has 1 aromatic rings. The van der Waals surface area contributed by atoms with Crippen molar-refractivity contribution in [2.24, 2.45) is 5.92 Å². The predicted octanol–water partition coefficient (Wildman–Crippen LogP) is 2.16. The first-order valence-electron chi connectivity index (χ1n) is 5.49. The average molecular weight is 249 g/mol. The molecule has 0 heterocycles. The molecule has 1 N–H and O–H groups in total. The van der Waals surface area contributed by atoms with Crippen molar-refractivity contribution in [3.8, 4) is 6.07 Å². The molecule has 0 aliphatic rings. The first-order valence-corrected chi connectivity index (χ1v) is 5.49. The Kier molecular flexibility index (Phi) is 5.08. The minimum atomic E-state index is -0.560. The Morgan fingerprint density at radius 1 is 1.61 bits per heavy atom. The van der Waals surface area contributed by atoms with E-state index in [1.807, 2.05) is 13.0 Å². The van der Waals surface area contributed by atoms with Crippen molar-refractivity contribution < 1.29 is 9.66 Å². The number of nitriles is 1. The lowest BCUT2D eigenvalue weighted by molar-refractivity contribution is -0.385. The van der Waals surface area contributed by atoms with Gasteiger partial charge in [-0.25, -0.2) is 0 Å². The number of rotatable bonds is 6. The smallest absolute Gasteiger partial charge is 0.287 e. The zero-order chi connectivity index (χ0) is 13.5. The minimum absolute atomic E-state index is 0.0596. The number of nitro groups is 1. The molecule has 96 valence electrons. The predicted molar refractivity (Wildman–Crippen MR) is 67.3 cm³/mol. The topological polar surface area (TPSA) is 88.2 Å². The van der Waals surface area contributed by atoms with Crippen molar-refractivity contribution in [2.75, 3.05) is 25.6 Å². The quantitative estimate of drug-likeness (QED) is 0.616. The molecular formula is C12H15N3O3. The monoisotopic (exact) mass is 249 g/mol. The summed E-state index contributed by atoms with van der Waals surface area (Å²) in [5.41, 5.74) is 0.581. The summed E-state index contributed by atoms with van der Waals surface area (Å²) in [7, 11) is 1.64. The van der Waals surface area contributed by atoms with Crippen LogP contribution in [0.15, 0.2) is 18.2 Å². The van der Waals surface area contributed by atoms with Gasteiger partial charge in [-0.1, -0.05) is 6.92 Å². The van der Waals surface area contributed by atoms with E-state index < -0.39 is 4.92 Å². The second-order valence-corrected chi connectivity index (χ2v) is 4.04. The molecule has 0 aliphatic carbocycles. The first kappa shape index (κ1) is 13.9. The highest BCUT2D eigenvalue weighted by Crippen LogP contribution is 2.21. The fourth-order valence-electron chi connectivity index (χ4n) is 1.53. The number of hydrogen-bond acceptors (Lipinski definition) is 5. The zero-order valence-corrected chi connectivity index (χ0v) is 10.3. The number of methoxy groups -OCH3 is 1. The van der Waals surface area contributed by atoms with E-state index in [0.717, 1.165) is 0 Å². The van der Waals surface area contributed by atoms with Gasteiger partial charge in [0.1, 0.15) is 11.6 Å².